The first kappa shape index (κ1) is 19.2. The van der Waals surface area contributed by atoms with E-state index in [1.165, 1.54) is 10.9 Å². The van der Waals surface area contributed by atoms with Gasteiger partial charge in [0.05, 0.1) is 0 Å². The Kier molecular flexibility index (Phi) is 6.35. The molecule has 0 amide bonds. The van der Waals surface area contributed by atoms with Gasteiger partial charge in [0.25, 0.3) is 0 Å². The Bertz CT molecular complexity index is 918. The van der Waals surface area contributed by atoms with Crippen LogP contribution in [0.4, 0.5) is 4.39 Å². The molecule has 1 N–H and O–H groups in total. The molecular formula is C22H22FNO2S. The van der Waals surface area contributed by atoms with Crippen molar-refractivity contribution in [2.24, 2.45) is 0 Å². The van der Waals surface area contributed by atoms with Crippen molar-refractivity contribution in [1.82, 2.24) is 4.98 Å². The number of rotatable bonds is 8. The fraction of sp³-hybridized carbons (Fsp3) is 0.273. The van der Waals surface area contributed by atoms with Crippen molar-refractivity contribution in [2.75, 3.05) is 0 Å². The standard InChI is InChI=1S/C22H22FNO2S/c1-15-5-12-21(27-15)20-11-9-18(23)13-17(20)8-6-16-7-10-19(24-14-16)3-2-4-22(25)26/h5,7,9-14H,2-4,6,8H2,1H3,(H,25,26). The summed E-state index contributed by atoms with van der Waals surface area (Å²) in [5.74, 6) is -0.993. The van der Waals surface area contributed by atoms with E-state index in [0.29, 0.717) is 12.8 Å². The molecule has 140 valence electrons. The summed E-state index contributed by atoms with van der Waals surface area (Å²) < 4.78 is 13.8. The van der Waals surface area contributed by atoms with Gasteiger partial charge in [-0.1, -0.05) is 12.1 Å². The lowest BCUT2D eigenvalue weighted by molar-refractivity contribution is -0.137. The van der Waals surface area contributed by atoms with Crippen LogP contribution in [0.5, 0.6) is 0 Å². The van der Waals surface area contributed by atoms with Gasteiger partial charge in [0, 0.05) is 28.1 Å². The molecule has 0 fully saturated rings. The van der Waals surface area contributed by atoms with E-state index in [0.717, 1.165) is 40.1 Å². The van der Waals surface area contributed by atoms with Gasteiger partial charge in [-0.15, -0.1) is 11.3 Å². The van der Waals surface area contributed by atoms with Crippen molar-refractivity contribution in [3.05, 3.63) is 76.2 Å². The highest BCUT2D eigenvalue weighted by Crippen LogP contribution is 2.31. The maximum atomic E-state index is 13.8. The molecule has 3 nitrogen and oxygen atoms in total. The summed E-state index contributed by atoms with van der Waals surface area (Å²) in [5, 5.41) is 8.69. The molecule has 3 rings (SSSR count). The number of aliphatic carboxylic acids is 1. The first-order valence-electron chi connectivity index (χ1n) is 9.02. The topological polar surface area (TPSA) is 50.2 Å². The minimum Gasteiger partial charge on any atom is -0.481 e. The van der Waals surface area contributed by atoms with Gasteiger partial charge in [0.15, 0.2) is 0 Å². The molecule has 0 saturated carbocycles. The Hall–Kier alpha value is -2.53. The molecule has 27 heavy (non-hydrogen) atoms. The van der Waals surface area contributed by atoms with E-state index < -0.39 is 5.97 Å². The number of hydrogen-bond acceptors (Lipinski definition) is 3. The second kappa shape index (κ2) is 8.91. The number of carboxylic acids is 1. The van der Waals surface area contributed by atoms with Gasteiger partial charge in [-0.25, -0.2) is 4.39 Å². The van der Waals surface area contributed by atoms with Crippen LogP contribution in [-0.4, -0.2) is 16.1 Å². The van der Waals surface area contributed by atoms with Crippen molar-refractivity contribution in [3.63, 3.8) is 0 Å². The second-order valence-corrected chi connectivity index (χ2v) is 7.90. The molecule has 0 atom stereocenters. The Labute approximate surface area is 162 Å². The third-order valence-corrected chi connectivity index (χ3v) is 5.50. The molecule has 0 saturated heterocycles. The van der Waals surface area contributed by atoms with Crippen LogP contribution in [0.3, 0.4) is 0 Å². The minimum atomic E-state index is -0.779. The van der Waals surface area contributed by atoms with Gasteiger partial charge in [-0.2, -0.15) is 0 Å². The Morgan fingerprint density at radius 3 is 2.63 bits per heavy atom. The molecule has 3 aromatic rings. The van der Waals surface area contributed by atoms with Crippen molar-refractivity contribution < 1.29 is 14.3 Å². The monoisotopic (exact) mass is 383 g/mol. The van der Waals surface area contributed by atoms with Gasteiger partial charge >= 0.3 is 5.97 Å². The lowest BCUT2D eigenvalue weighted by Gasteiger charge is -2.09. The van der Waals surface area contributed by atoms with Gasteiger partial charge < -0.3 is 5.11 Å². The summed E-state index contributed by atoms with van der Waals surface area (Å²) in [7, 11) is 0. The van der Waals surface area contributed by atoms with Crippen LogP contribution in [0.15, 0.2) is 48.7 Å². The van der Waals surface area contributed by atoms with Crippen LogP contribution < -0.4 is 0 Å². The average molecular weight is 383 g/mol. The van der Waals surface area contributed by atoms with Crippen LogP contribution in [0, 0.1) is 12.7 Å². The lowest BCUT2D eigenvalue weighted by Crippen LogP contribution is -1.99. The second-order valence-electron chi connectivity index (χ2n) is 6.62. The van der Waals surface area contributed by atoms with E-state index >= 15 is 0 Å². The fourth-order valence-electron chi connectivity index (χ4n) is 3.04. The molecule has 0 bridgehead atoms. The van der Waals surface area contributed by atoms with E-state index in [2.05, 4.69) is 24.0 Å². The first-order chi connectivity index (χ1) is 13.0. The summed E-state index contributed by atoms with van der Waals surface area (Å²) in [6.45, 7) is 2.07. The molecule has 2 aromatic heterocycles. The zero-order valence-corrected chi connectivity index (χ0v) is 16.1. The first-order valence-corrected chi connectivity index (χ1v) is 9.84. The van der Waals surface area contributed by atoms with E-state index in [1.54, 1.807) is 17.4 Å². The molecular weight excluding hydrogens is 361 g/mol. The summed E-state index contributed by atoms with van der Waals surface area (Å²) in [4.78, 5) is 17.4. The van der Waals surface area contributed by atoms with E-state index in [9.17, 15) is 9.18 Å². The molecule has 0 spiro atoms. The molecule has 0 unspecified atom stereocenters. The average Bonchev–Trinajstić information content (AvgIpc) is 3.07. The highest BCUT2D eigenvalue weighted by atomic mass is 32.1. The predicted octanol–water partition coefficient (Wildman–Crippen LogP) is 5.45. The van der Waals surface area contributed by atoms with Crippen LogP contribution in [0.1, 0.15) is 34.5 Å². The predicted molar refractivity (Wildman–Crippen MR) is 107 cm³/mol. The summed E-state index contributed by atoms with van der Waals surface area (Å²) in [6.07, 6.45) is 4.78. The number of nitrogens with zero attached hydrogens (tertiary/aromatic N) is 1. The normalized spacial score (nSPS) is 10.9. The fourth-order valence-corrected chi connectivity index (χ4v) is 3.97. The molecule has 0 aliphatic heterocycles. The molecule has 5 heteroatoms. The third kappa shape index (κ3) is 5.47. The summed E-state index contributed by atoms with van der Waals surface area (Å²) >= 11 is 1.72. The van der Waals surface area contributed by atoms with Gasteiger partial charge in [0.2, 0.25) is 0 Å². The number of thiophene rings is 1. The zero-order valence-electron chi connectivity index (χ0n) is 15.2. The van der Waals surface area contributed by atoms with E-state index in [4.69, 9.17) is 5.11 Å². The maximum Gasteiger partial charge on any atom is 0.303 e. The molecule has 0 aliphatic rings. The van der Waals surface area contributed by atoms with Crippen LogP contribution in [-0.2, 0) is 24.1 Å². The number of hydrogen-bond donors (Lipinski definition) is 1. The SMILES string of the molecule is Cc1ccc(-c2ccc(F)cc2CCc2ccc(CCCC(=O)O)nc2)s1. The third-order valence-electron chi connectivity index (χ3n) is 4.47. The Balaban J connectivity index is 1.66. The number of carboxylic acid groups (broad SMARTS) is 1. The highest BCUT2D eigenvalue weighted by Gasteiger charge is 2.09. The van der Waals surface area contributed by atoms with Gasteiger partial charge in [0.1, 0.15) is 5.82 Å². The van der Waals surface area contributed by atoms with Crippen molar-refractivity contribution >= 4 is 17.3 Å². The quantitative estimate of drug-likeness (QED) is 0.563. The van der Waals surface area contributed by atoms with E-state index in [-0.39, 0.29) is 12.2 Å². The molecule has 0 aliphatic carbocycles. The summed E-state index contributed by atoms with van der Waals surface area (Å²) in [6, 6.07) is 13.1. The molecule has 1 aromatic carbocycles. The number of carbonyl (C=O) groups is 1. The van der Waals surface area contributed by atoms with Crippen LogP contribution in [0.25, 0.3) is 10.4 Å². The van der Waals surface area contributed by atoms with E-state index in [1.807, 2.05) is 24.4 Å². The highest BCUT2D eigenvalue weighted by molar-refractivity contribution is 7.15. The van der Waals surface area contributed by atoms with Crippen LogP contribution >= 0.6 is 11.3 Å². The molecule has 0 radical (unpaired) electrons. The number of aromatic nitrogens is 1. The summed E-state index contributed by atoms with van der Waals surface area (Å²) in [5.41, 5.74) is 4.09. The number of halogens is 1. The lowest BCUT2D eigenvalue weighted by atomic mass is 9.99. The van der Waals surface area contributed by atoms with Crippen molar-refractivity contribution in [2.45, 2.75) is 39.0 Å². The number of pyridine rings is 1. The Morgan fingerprint density at radius 2 is 1.96 bits per heavy atom. The maximum absolute atomic E-state index is 13.8. The van der Waals surface area contributed by atoms with Gasteiger partial charge in [-0.05, 0) is 79.6 Å². The van der Waals surface area contributed by atoms with Crippen LogP contribution in [0.2, 0.25) is 0 Å². The van der Waals surface area contributed by atoms with Crippen molar-refractivity contribution in [1.29, 1.82) is 0 Å². The largest absolute Gasteiger partial charge is 0.481 e. The minimum absolute atomic E-state index is 0.161. The number of benzene rings is 1. The Morgan fingerprint density at radius 1 is 1.11 bits per heavy atom. The number of aryl methyl sites for hydroxylation is 4. The zero-order chi connectivity index (χ0) is 19.2. The van der Waals surface area contributed by atoms with Gasteiger partial charge in [-0.3, -0.25) is 9.78 Å². The smallest absolute Gasteiger partial charge is 0.303 e. The van der Waals surface area contributed by atoms with Crippen molar-refractivity contribution in [3.8, 4) is 10.4 Å². The molecule has 2 heterocycles.